The van der Waals surface area contributed by atoms with Crippen LogP contribution in [0.1, 0.15) is 28.3 Å². The quantitative estimate of drug-likeness (QED) is 0.375. The van der Waals surface area contributed by atoms with Gasteiger partial charge < -0.3 is 19.8 Å². The number of sulfonamides is 1. The highest BCUT2D eigenvalue weighted by Gasteiger charge is 2.24. The van der Waals surface area contributed by atoms with Crippen LogP contribution in [0.15, 0.2) is 96.0 Å². The molecule has 1 heterocycles. The molecule has 0 aliphatic carbocycles. The van der Waals surface area contributed by atoms with Crippen LogP contribution in [0.5, 0.6) is 0 Å². The Morgan fingerprint density at radius 3 is 2.15 bits per heavy atom. The summed E-state index contributed by atoms with van der Waals surface area (Å²) >= 11 is 0. The Hall–Kier alpha value is -4.64. The van der Waals surface area contributed by atoms with Gasteiger partial charge in [-0.3, -0.25) is 4.72 Å². The molecule has 4 rings (SSSR count). The van der Waals surface area contributed by atoms with Gasteiger partial charge in [0.25, 0.3) is 6.02 Å². The van der Waals surface area contributed by atoms with Crippen LogP contribution in [0.3, 0.4) is 0 Å². The van der Waals surface area contributed by atoms with Crippen LogP contribution in [0.25, 0.3) is 0 Å². The maximum atomic E-state index is 11.4. The number of ether oxygens (including phenoxy) is 1. The first-order valence-corrected chi connectivity index (χ1v) is 13.7. The number of benzene rings is 3. The lowest BCUT2D eigenvalue weighted by Crippen LogP contribution is -2.27. The topological polar surface area (TPSA) is 146 Å². The number of carboxylic acid groups (broad SMARTS) is 2. The van der Waals surface area contributed by atoms with Gasteiger partial charge in [0.2, 0.25) is 10.0 Å². The van der Waals surface area contributed by atoms with Crippen molar-refractivity contribution in [1.82, 2.24) is 4.90 Å². The summed E-state index contributed by atoms with van der Waals surface area (Å²) in [6, 6.07) is 26.1. The maximum Gasteiger partial charge on any atom is 0.328 e. The number of carbonyl (C=O) groups is 2. The molecule has 39 heavy (non-hydrogen) atoms. The molecule has 11 heteroatoms. The highest BCUT2D eigenvalue weighted by atomic mass is 32.2. The monoisotopic (exact) mass is 551 g/mol. The summed E-state index contributed by atoms with van der Waals surface area (Å²) in [6.07, 6.45) is 2.25. The fourth-order valence-corrected chi connectivity index (χ4v) is 4.32. The van der Waals surface area contributed by atoms with Crippen molar-refractivity contribution in [2.75, 3.05) is 18.0 Å². The Bertz CT molecular complexity index is 1440. The van der Waals surface area contributed by atoms with Gasteiger partial charge in [0.05, 0.1) is 6.26 Å². The molecule has 1 aliphatic heterocycles. The van der Waals surface area contributed by atoms with Crippen molar-refractivity contribution in [3.05, 3.63) is 113 Å². The normalized spacial score (nSPS) is 14.8. The first kappa shape index (κ1) is 28.9. The Kier molecular flexibility index (Phi) is 9.82. The molecule has 0 radical (unpaired) electrons. The Balaban J connectivity index is 0.000000459. The number of aliphatic carboxylic acids is 2. The van der Waals surface area contributed by atoms with Gasteiger partial charge in [-0.05, 0) is 34.4 Å². The molecule has 10 nitrogen and oxygen atoms in total. The molecule has 0 saturated carbocycles. The number of rotatable bonds is 7. The molecule has 3 aromatic carbocycles. The van der Waals surface area contributed by atoms with Crippen molar-refractivity contribution in [3.63, 3.8) is 0 Å². The summed E-state index contributed by atoms with van der Waals surface area (Å²) in [5.74, 6) is -2.51. The number of fused-ring (bicyclic) bond motifs is 1. The van der Waals surface area contributed by atoms with Crippen molar-refractivity contribution in [3.8, 4) is 0 Å². The van der Waals surface area contributed by atoms with Gasteiger partial charge in [0.1, 0.15) is 12.6 Å². The van der Waals surface area contributed by atoms with Crippen LogP contribution in [-0.4, -0.2) is 54.8 Å². The minimum absolute atomic E-state index is 0.140. The van der Waals surface area contributed by atoms with Crippen LogP contribution in [0, 0.1) is 0 Å². The van der Waals surface area contributed by atoms with Gasteiger partial charge in [0, 0.05) is 31.4 Å². The number of hydrogen-bond acceptors (Lipinski definition) is 7. The van der Waals surface area contributed by atoms with Gasteiger partial charge in [-0.2, -0.15) is 0 Å². The van der Waals surface area contributed by atoms with Gasteiger partial charge in [-0.1, -0.05) is 66.7 Å². The second-order valence-electron chi connectivity index (χ2n) is 8.65. The number of aliphatic imine (C=N–C) groups is 1. The molecule has 204 valence electrons. The number of amidine groups is 1. The third-order valence-electron chi connectivity index (χ3n) is 5.43. The summed E-state index contributed by atoms with van der Waals surface area (Å²) < 4.78 is 31.3. The molecule has 0 spiro atoms. The first-order chi connectivity index (χ1) is 18.5. The Morgan fingerprint density at radius 1 is 0.974 bits per heavy atom. The number of nitrogens with one attached hydrogen (secondary N) is 1. The number of hydrogen-bond donors (Lipinski definition) is 3. The molecule has 0 saturated heterocycles. The number of nitrogens with zero attached hydrogens (tertiary/aromatic N) is 2. The fraction of sp³-hybridized carbons (Fsp3) is 0.179. The van der Waals surface area contributed by atoms with E-state index in [0.717, 1.165) is 17.4 Å². The Labute approximate surface area is 226 Å². The van der Waals surface area contributed by atoms with Gasteiger partial charge >= 0.3 is 11.9 Å². The van der Waals surface area contributed by atoms with E-state index in [9.17, 15) is 18.0 Å². The zero-order valence-corrected chi connectivity index (χ0v) is 22.2. The van der Waals surface area contributed by atoms with E-state index in [0.29, 0.717) is 37.0 Å². The van der Waals surface area contributed by atoms with E-state index in [1.165, 1.54) is 11.1 Å². The summed E-state index contributed by atoms with van der Waals surface area (Å²) in [5.41, 5.74) is 4.96. The highest BCUT2D eigenvalue weighted by molar-refractivity contribution is 7.92. The van der Waals surface area contributed by atoms with E-state index in [1.807, 2.05) is 54.4 Å². The summed E-state index contributed by atoms with van der Waals surface area (Å²) in [7, 11) is -1.32. The van der Waals surface area contributed by atoms with Gasteiger partial charge in [-0.15, -0.1) is 0 Å². The molecular weight excluding hydrogens is 522 g/mol. The van der Waals surface area contributed by atoms with Crippen LogP contribution in [0.4, 0.5) is 5.69 Å². The van der Waals surface area contributed by atoms with Crippen LogP contribution >= 0.6 is 0 Å². The smallest absolute Gasteiger partial charge is 0.328 e. The van der Waals surface area contributed by atoms with Crippen molar-refractivity contribution in [1.29, 1.82) is 0 Å². The van der Waals surface area contributed by atoms with Crippen molar-refractivity contribution >= 4 is 33.7 Å². The van der Waals surface area contributed by atoms with Crippen LogP contribution in [0.2, 0.25) is 0 Å². The first-order valence-electron chi connectivity index (χ1n) is 11.8. The highest BCUT2D eigenvalue weighted by Crippen LogP contribution is 2.32. The zero-order valence-electron chi connectivity index (χ0n) is 21.4. The third kappa shape index (κ3) is 9.31. The summed E-state index contributed by atoms with van der Waals surface area (Å²) in [5, 5.41) is 15.6. The van der Waals surface area contributed by atoms with E-state index in [4.69, 9.17) is 19.9 Å². The third-order valence-corrected chi connectivity index (χ3v) is 6.04. The van der Waals surface area contributed by atoms with Crippen molar-refractivity contribution < 1.29 is 33.0 Å². The molecule has 0 bridgehead atoms. The molecule has 0 fully saturated rings. The predicted octanol–water partition coefficient (Wildman–Crippen LogP) is 3.88. The molecule has 0 amide bonds. The summed E-state index contributed by atoms with van der Waals surface area (Å²) in [4.78, 5) is 26.1. The fourth-order valence-electron chi connectivity index (χ4n) is 3.76. The predicted molar refractivity (Wildman–Crippen MR) is 148 cm³/mol. The lowest BCUT2D eigenvalue weighted by atomic mass is 9.95. The largest absolute Gasteiger partial charge is 0.478 e. The summed E-state index contributed by atoms with van der Waals surface area (Å²) in [6.45, 7) is 1.04. The van der Waals surface area contributed by atoms with E-state index >= 15 is 0 Å². The Morgan fingerprint density at radius 2 is 1.56 bits per heavy atom. The second-order valence-corrected chi connectivity index (χ2v) is 10.4. The van der Waals surface area contributed by atoms with E-state index < -0.39 is 22.0 Å². The van der Waals surface area contributed by atoms with E-state index in [1.54, 1.807) is 12.1 Å². The van der Waals surface area contributed by atoms with Gasteiger partial charge in [-0.25, -0.2) is 23.0 Å². The zero-order chi connectivity index (χ0) is 28.4. The second kappa shape index (κ2) is 13.2. The lowest BCUT2D eigenvalue weighted by Gasteiger charge is -2.20. The lowest BCUT2D eigenvalue weighted by molar-refractivity contribution is -0.134. The van der Waals surface area contributed by atoms with E-state index in [-0.39, 0.29) is 6.04 Å². The molecule has 3 aromatic rings. The average molecular weight is 552 g/mol. The average Bonchev–Trinajstić information content (AvgIpc) is 3.03. The van der Waals surface area contributed by atoms with E-state index in [2.05, 4.69) is 29.0 Å². The molecule has 1 unspecified atom stereocenters. The molecule has 1 atom stereocenters. The minimum atomic E-state index is -3.30. The number of anilines is 1. The van der Waals surface area contributed by atoms with Crippen molar-refractivity contribution in [2.45, 2.75) is 19.2 Å². The molecule has 3 N–H and O–H groups in total. The number of carboxylic acids is 2. The van der Waals surface area contributed by atoms with Crippen molar-refractivity contribution in [2.24, 2.45) is 4.99 Å². The minimum Gasteiger partial charge on any atom is -0.478 e. The molecule has 1 aliphatic rings. The molecule has 0 aromatic heterocycles. The molecular formula is C28H29N3O7S. The SMILES string of the molecule is CN1Cc2ccccc2C(c2ccccc2)N=C1OCc1ccc(NS(C)(=O)=O)cc1.O=C(O)/C=C/C(=O)O. The van der Waals surface area contributed by atoms with Gasteiger partial charge in [0.15, 0.2) is 0 Å². The maximum absolute atomic E-state index is 11.4. The van der Waals surface area contributed by atoms with Crippen LogP contribution < -0.4 is 4.72 Å². The van der Waals surface area contributed by atoms with Crippen LogP contribution in [-0.2, 0) is 37.5 Å². The standard InChI is InChI=1S/C24H25N3O3S.C4H4O4/c1-27-16-20-10-6-7-11-22(20)23(19-8-4-3-5-9-19)25-24(27)30-17-18-12-14-21(15-13-18)26-31(2,28)29;5-3(6)1-2-4(7)8/h3-15,23,26H,16-17H2,1-2H3;1-2H,(H,5,6)(H,7,8)/b;2-1+.